The van der Waals surface area contributed by atoms with Gasteiger partial charge in [-0.3, -0.25) is 0 Å². The molecule has 1 aliphatic rings. The summed E-state index contributed by atoms with van der Waals surface area (Å²) < 4.78 is 38.5. The summed E-state index contributed by atoms with van der Waals surface area (Å²) >= 11 is 10.7. The van der Waals surface area contributed by atoms with Crippen molar-refractivity contribution in [2.45, 2.75) is 37.9 Å². The van der Waals surface area contributed by atoms with E-state index in [2.05, 4.69) is 16.7 Å². The summed E-state index contributed by atoms with van der Waals surface area (Å²) in [5, 5.41) is 14.6. The monoisotopic (exact) mass is 361 g/mol. The van der Waals surface area contributed by atoms with E-state index in [1.165, 1.54) is 12.1 Å². The zero-order chi connectivity index (χ0) is 17.0. The van der Waals surface area contributed by atoms with Crippen molar-refractivity contribution in [1.82, 2.24) is 5.32 Å². The molecule has 0 unspecified atom stereocenters. The van der Waals surface area contributed by atoms with Gasteiger partial charge >= 0.3 is 6.18 Å². The highest BCUT2D eigenvalue weighted by molar-refractivity contribution is 7.80. The molecule has 3 nitrogen and oxygen atoms in total. The van der Waals surface area contributed by atoms with Crippen molar-refractivity contribution in [3.8, 4) is 6.07 Å². The van der Waals surface area contributed by atoms with E-state index in [9.17, 15) is 13.2 Å². The van der Waals surface area contributed by atoms with Gasteiger partial charge in [-0.2, -0.15) is 18.4 Å². The van der Waals surface area contributed by atoms with Gasteiger partial charge in [0.25, 0.3) is 0 Å². The number of halogens is 4. The van der Waals surface area contributed by atoms with Gasteiger partial charge in [-0.05, 0) is 56.1 Å². The van der Waals surface area contributed by atoms with Gasteiger partial charge in [0.1, 0.15) is 0 Å². The molecule has 23 heavy (non-hydrogen) atoms. The fourth-order valence-electron chi connectivity index (χ4n) is 2.54. The summed E-state index contributed by atoms with van der Waals surface area (Å²) in [5.41, 5.74) is -0.675. The molecule has 1 aromatic carbocycles. The van der Waals surface area contributed by atoms with Crippen molar-refractivity contribution in [3.63, 3.8) is 0 Å². The summed E-state index contributed by atoms with van der Waals surface area (Å²) in [4.78, 5) is 0. The van der Waals surface area contributed by atoms with E-state index in [-0.39, 0.29) is 27.8 Å². The van der Waals surface area contributed by atoms with Gasteiger partial charge < -0.3 is 10.6 Å². The highest BCUT2D eigenvalue weighted by atomic mass is 35.5. The molecular formula is C15H15ClF3N3S. The van der Waals surface area contributed by atoms with Gasteiger partial charge in [0.05, 0.1) is 16.7 Å². The molecular weight excluding hydrogens is 347 g/mol. The fourth-order valence-corrected chi connectivity index (χ4v) is 3.05. The van der Waals surface area contributed by atoms with Crippen molar-refractivity contribution in [1.29, 1.82) is 5.26 Å². The van der Waals surface area contributed by atoms with Crippen LogP contribution in [-0.2, 0) is 6.18 Å². The maximum absolute atomic E-state index is 12.8. The molecule has 0 saturated heterocycles. The molecule has 0 spiro atoms. The largest absolute Gasteiger partial charge is 0.417 e. The molecule has 0 aromatic heterocycles. The van der Waals surface area contributed by atoms with Crippen molar-refractivity contribution >= 4 is 34.6 Å². The molecule has 1 saturated carbocycles. The van der Waals surface area contributed by atoms with Crippen LogP contribution in [-0.4, -0.2) is 11.2 Å². The molecule has 124 valence electrons. The summed E-state index contributed by atoms with van der Waals surface area (Å²) in [5.74, 6) is 0.0835. The molecule has 1 fully saturated rings. The minimum absolute atomic E-state index is 0.0835. The van der Waals surface area contributed by atoms with E-state index in [0.717, 1.165) is 31.7 Å². The first kappa shape index (κ1) is 17.8. The third-order valence-electron chi connectivity index (χ3n) is 3.77. The Bertz CT molecular complexity index is 619. The summed E-state index contributed by atoms with van der Waals surface area (Å²) in [6, 6.07) is 5.95. The number of alkyl halides is 3. The van der Waals surface area contributed by atoms with Crippen LogP contribution in [0.3, 0.4) is 0 Å². The molecule has 0 aliphatic heterocycles. The minimum atomic E-state index is -4.51. The van der Waals surface area contributed by atoms with Gasteiger partial charge in [-0.15, -0.1) is 0 Å². The first-order valence-corrected chi connectivity index (χ1v) is 7.92. The molecule has 8 heteroatoms. The van der Waals surface area contributed by atoms with Crippen molar-refractivity contribution < 1.29 is 13.2 Å². The van der Waals surface area contributed by atoms with Crippen LogP contribution in [0.1, 0.15) is 31.2 Å². The normalized spacial score (nSPS) is 21.3. The average Bonchev–Trinajstić information content (AvgIpc) is 2.49. The molecule has 2 rings (SSSR count). The van der Waals surface area contributed by atoms with Gasteiger partial charge in [-0.1, -0.05) is 11.6 Å². The zero-order valence-electron chi connectivity index (χ0n) is 12.1. The lowest BCUT2D eigenvalue weighted by Crippen LogP contribution is -2.39. The van der Waals surface area contributed by atoms with Gasteiger partial charge in [0, 0.05) is 17.6 Å². The van der Waals surface area contributed by atoms with Crippen LogP contribution in [0.2, 0.25) is 5.02 Å². The number of nitrogens with one attached hydrogen (secondary N) is 2. The standard InChI is InChI=1S/C15H15ClF3N3S/c16-13-6-5-11(7-12(13)15(17,18)19)22-14(23)21-10-3-1-9(8-20)2-4-10/h5-7,9-10H,1-4H2,(H2,21,22,23). The SMILES string of the molecule is N#CC1CCC(NC(=S)Nc2ccc(Cl)c(C(F)(F)F)c2)CC1. The Morgan fingerprint density at radius 2 is 1.91 bits per heavy atom. The number of hydrogen-bond donors (Lipinski definition) is 2. The number of nitrogens with zero attached hydrogens (tertiary/aromatic N) is 1. The van der Waals surface area contributed by atoms with Crippen LogP contribution in [0.4, 0.5) is 18.9 Å². The fraction of sp³-hybridized carbons (Fsp3) is 0.467. The predicted octanol–water partition coefficient (Wildman–Crippen LogP) is 4.73. The Balaban J connectivity index is 1.95. The van der Waals surface area contributed by atoms with Crippen LogP contribution in [0, 0.1) is 17.2 Å². The van der Waals surface area contributed by atoms with Crippen LogP contribution >= 0.6 is 23.8 Å². The highest BCUT2D eigenvalue weighted by Crippen LogP contribution is 2.36. The van der Waals surface area contributed by atoms with Crippen LogP contribution < -0.4 is 10.6 Å². The van der Waals surface area contributed by atoms with Gasteiger partial charge in [0.2, 0.25) is 0 Å². The molecule has 1 aromatic rings. The lowest BCUT2D eigenvalue weighted by Gasteiger charge is -2.27. The summed E-state index contributed by atoms with van der Waals surface area (Å²) in [6.07, 6.45) is -1.28. The Kier molecular flexibility index (Phi) is 5.71. The van der Waals surface area contributed by atoms with Crippen LogP contribution in [0.15, 0.2) is 18.2 Å². The second-order valence-corrected chi connectivity index (χ2v) is 6.28. The van der Waals surface area contributed by atoms with Crippen molar-refractivity contribution in [3.05, 3.63) is 28.8 Å². The van der Waals surface area contributed by atoms with Gasteiger partial charge in [0.15, 0.2) is 5.11 Å². The third-order valence-corrected chi connectivity index (χ3v) is 4.32. The van der Waals surface area contributed by atoms with E-state index in [1.54, 1.807) is 0 Å². The third kappa shape index (κ3) is 4.98. The molecule has 0 amide bonds. The second-order valence-electron chi connectivity index (χ2n) is 5.47. The Morgan fingerprint density at radius 3 is 2.48 bits per heavy atom. The highest BCUT2D eigenvalue weighted by Gasteiger charge is 2.33. The Morgan fingerprint density at radius 1 is 1.26 bits per heavy atom. The van der Waals surface area contributed by atoms with Crippen molar-refractivity contribution in [2.24, 2.45) is 5.92 Å². The second kappa shape index (κ2) is 7.37. The maximum Gasteiger partial charge on any atom is 0.417 e. The first-order valence-electron chi connectivity index (χ1n) is 7.13. The molecule has 0 radical (unpaired) electrons. The topological polar surface area (TPSA) is 47.9 Å². The number of nitriles is 1. The maximum atomic E-state index is 12.8. The predicted molar refractivity (Wildman–Crippen MR) is 87.2 cm³/mol. The van der Waals surface area contributed by atoms with E-state index >= 15 is 0 Å². The number of rotatable bonds is 2. The molecule has 0 bridgehead atoms. The van der Waals surface area contributed by atoms with E-state index in [1.807, 2.05) is 0 Å². The smallest absolute Gasteiger partial charge is 0.360 e. The molecule has 0 atom stereocenters. The Hall–Kier alpha value is -1.52. The first-order chi connectivity index (χ1) is 10.8. The number of thiocarbonyl (C=S) groups is 1. The Labute approximate surface area is 142 Å². The lowest BCUT2D eigenvalue weighted by molar-refractivity contribution is -0.137. The van der Waals surface area contributed by atoms with E-state index < -0.39 is 11.7 Å². The van der Waals surface area contributed by atoms with Crippen LogP contribution in [0.5, 0.6) is 0 Å². The quantitative estimate of drug-likeness (QED) is 0.748. The average molecular weight is 362 g/mol. The number of anilines is 1. The number of benzene rings is 1. The van der Waals surface area contributed by atoms with Crippen molar-refractivity contribution in [2.75, 3.05) is 5.32 Å². The summed E-state index contributed by atoms with van der Waals surface area (Å²) in [7, 11) is 0. The summed E-state index contributed by atoms with van der Waals surface area (Å²) in [6.45, 7) is 0. The molecule has 0 heterocycles. The van der Waals surface area contributed by atoms with E-state index in [0.29, 0.717) is 0 Å². The van der Waals surface area contributed by atoms with E-state index in [4.69, 9.17) is 29.1 Å². The minimum Gasteiger partial charge on any atom is -0.360 e. The lowest BCUT2D eigenvalue weighted by atomic mass is 9.87. The zero-order valence-corrected chi connectivity index (χ0v) is 13.7. The number of hydrogen-bond acceptors (Lipinski definition) is 2. The molecule has 2 N–H and O–H groups in total. The van der Waals surface area contributed by atoms with Crippen LogP contribution in [0.25, 0.3) is 0 Å². The van der Waals surface area contributed by atoms with Gasteiger partial charge in [-0.25, -0.2) is 0 Å². The molecule has 1 aliphatic carbocycles.